The molecule has 2 saturated heterocycles. The van der Waals surface area contributed by atoms with Crippen molar-refractivity contribution in [3.8, 4) is 0 Å². The van der Waals surface area contributed by atoms with Gasteiger partial charge in [0.1, 0.15) is 5.78 Å². The molecule has 166 valence electrons. The molecule has 3 saturated carbocycles. The molecule has 3 heteroatoms. The van der Waals surface area contributed by atoms with E-state index in [-0.39, 0.29) is 5.60 Å². The average Bonchev–Trinajstić information content (AvgIpc) is 3.23. The Bertz CT molecular complexity index is 788. The summed E-state index contributed by atoms with van der Waals surface area (Å²) < 4.78 is 7.03. The molecule has 6 aliphatic rings. The van der Waals surface area contributed by atoms with E-state index in [0.29, 0.717) is 35.2 Å². The Morgan fingerprint density at radius 3 is 2.77 bits per heavy atom. The first-order chi connectivity index (χ1) is 14.3. The SMILES string of the molecule is CC1=C2C[C@H]3[C@@H](CC[C@@H]4CC(=O)CC[C@@]43C)[C@@H]2CC[C@]12O[C@@H]1C[C@H](C)CN[C@H]1[C@H]2C. The summed E-state index contributed by atoms with van der Waals surface area (Å²) in [6.45, 7) is 11.0. The van der Waals surface area contributed by atoms with Crippen LogP contribution >= 0.6 is 0 Å². The Morgan fingerprint density at radius 1 is 1.10 bits per heavy atom. The van der Waals surface area contributed by atoms with Crippen molar-refractivity contribution in [3.05, 3.63) is 11.1 Å². The van der Waals surface area contributed by atoms with E-state index in [2.05, 4.69) is 33.0 Å². The van der Waals surface area contributed by atoms with Crippen LogP contribution in [0.25, 0.3) is 0 Å². The van der Waals surface area contributed by atoms with E-state index in [1.54, 1.807) is 11.1 Å². The van der Waals surface area contributed by atoms with Gasteiger partial charge in [0.05, 0.1) is 11.7 Å². The Balaban J connectivity index is 1.33. The highest BCUT2D eigenvalue weighted by molar-refractivity contribution is 5.79. The molecule has 4 aliphatic carbocycles. The summed E-state index contributed by atoms with van der Waals surface area (Å²) in [6, 6.07) is 0.531. The van der Waals surface area contributed by atoms with Crippen LogP contribution in [0.15, 0.2) is 11.1 Å². The van der Waals surface area contributed by atoms with Gasteiger partial charge in [-0.25, -0.2) is 0 Å². The van der Waals surface area contributed by atoms with E-state index in [4.69, 9.17) is 4.74 Å². The van der Waals surface area contributed by atoms with Crippen LogP contribution in [-0.2, 0) is 9.53 Å². The average molecular weight is 412 g/mol. The standard InChI is InChI=1S/C27H41NO2/c1-15-11-24-25(28-14-15)17(3)27(30-24)10-8-20-21-6-5-18-12-19(29)7-9-26(18,4)23(21)13-22(20)16(27)2/h15,17-18,20-21,23-25,28H,5-14H2,1-4H3/t15-,17+,18+,20-,21-,23-,24+,25-,26-,27-/m0/s1. The second-order valence-corrected chi connectivity index (χ2v) is 12.4. The van der Waals surface area contributed by atoms with Crippen molar-refractivity contribution in [2.45, 2.75) is 103 Å². The largest absolute Gasteiger partial charge is 0.365 e. The van der Waals surface area contributed by atoms with Crippen LogP contribution in [0.3, 0.4) is 0 Å². The fourth-order valence-electron chi connectivity index (χ4n) is 9.49. The fraction of sp³-hybridized carbons (Fsp3) is 0.889. The van der Waals surface area contributed by atoms with Gasteiger partial charge in [-0.3, -0.25) is 4.79 Å². The van der Waals surface area contributed by atoms with Crippen LogP contribution < -0.4 is 5.32 Å². The predicted octanol–water partition coefficient (Wildman–Crippen LogP) is 5.29. The number of nitrogens with one attached hydrogen (secondary N) is 1. The zero-order chi connectivity index (χ0) is 20.8. The number of ether oxygens (including phenoxy) is 1. The Labute approximate surface area is 182 Å². The minimum absolute atomic E-state index is 0.0193. The second kappa shape index (κ2) is 6.67. The first kappa shape index (κ1) is 20.0. The maximum Gasteiger partial charge on any atom is 0.133 e. The van der Waals surface area contributed by atoms with Crippen LogP contribution in [0.1, 0.15) is 85.5 Å². The molecule has 0 bridgehead atoms. The predicted molar refractivity (Wildman–Crippen MR) is 119 cm³/mol. The van der Waals surface area contributed by atoms with Gasteiger partial charge in [-0.05, 0) is 99.0 Å². The lowest BCUT2D eigenvalue weighted by atomic mass is 9.52. The van der Waals surface area contributed by atoms with Gasteiger partial charge in [0.15, 0.2) is 0 Å². The normalized spacial score (nSPS) is 55.3. The lowest BCUT2D eigenvalue weighted by molar-refractivity contribution is -0.129. The van der Waals surface area contributed by atoms with E-state index in [1.165, 1.54) is 38.5 Å². The van der Waals surface area contributed by atoms with Crippen molar-refractivity contribution >= 4 is 5.78 Å². The summed E-state index contributed by atoms with van der Waals surface area (Å²) in [5, 5.41) is 3.85. The molecule has 0 aromatic rings. The highest BCUT2D eigenvalue weighted by atomic mass is 16.5. The first-order valence-electron chi connectivity index (χ1n) is 13.0. The molecule has 0 unspecified atom stereocenters. The van der Waals surface area contributed by atoms with Crippen molar-refractivity contribution in [1.29, 1.82) is 0 Å². The van der Waals surface area contributed by atoms with Gasteiger partial charge < -0.3 is 10.1 Å². The molecular formula is C27H41NO2. The number of piperidine rings is 1. The molecule has 5 fully saturated rings. The van der Waals surface area contributed by atoms with E-state index in [0.717, 1.165) is 49.5 Å². The summed E-state index contributed by atoms with van der Waals surface area (Å²) in [6.07, 6.45) is 10.9. The number of ketones is 1. The highest BCUT2D eigenvalue weighted by Crippen LogP contribution is 2.66. The molecule has 0 aromatic heterocycles. The van der Waals surface area contributed by atoms with Crippen LogP contribution in [0.5, 0.6) is 0 Å². The highest BCUT2D eigenvalue weighted by Gasteiger charge is 2.61. The van der Waals surface area contributed by atoms with E-state index >= 15 is 0 Å². The zero-order valence-electron chi connectivity index (χ0n) is 19.5. The minimum Gasteiger partial charge on any atom is -0.365 e. The number of allylic oxidation sites excluding steroid dienone is 1. The van der Waals surface area contributed by atoms with E-state index < -0.39 is 0 Å². The smallest absolute Gasteiger partial charge is 0.133 e. The molecule has 2 heterocycles. The summed E-state index contributed by atoms with van der Waals surface area (Å²) in [7, 11) is 0. The monoisotopic (exact) mass is 411 g/mol. The molecule has 1 spiro atoms. The van der Waals surface area contributed by atoms with Gasteiger partial charge in [0, 0.05) is 24.8 Å². The van der Waals surface area contributed by atoms with E-state index in [9.17, 15) is 4.79 Å². The van der Waals surface area contributed by atoms with Gasteiger partial charge in [-0.2, -0.15) is 0 Å². The fourth-order valence-corrected chi connectivity index (χ4v) is 9.49. The topological polar surface area (TPSA) is 38.3 Å². The molecular weight excluding hydrogens is 370 g/mol. The quantitative estimate of drug-likeness (QED) is 0.551. The number of fused-ring (bicyclic) bond motifs is 6. The Kier molecular flexibility index (Phi) is 4.44. The third-order valence-electron chi connectivity index (χ3n) is 11.3. The van der Waals surface area contributed by atoms with Gasteiger partial charge in [0.25, 0.3) is 0 Å². The van der Waals surface area contributed by atoms with Crippen LogP contribution in [0, 0.1) is 40.9 Å². The van der Waals surface area contributed by atoms with Gasteiger partial charge in [-0.1, -0.05) is 26.3 Å². The van der Waals surface area contributed by atoms with E-state index in [1.807, 2.05) is 0 Å². The summed E-state index contributed by atoms with van der Waals surface area (Å²) in [4.78, 5) is 12.2. The number of Topliss-reactive ketones (excluding diaryl/α,β-unsaturated/α-hetero) is 1. The molecule has 1 N–H and O–H groups in total. The summed E-state index contributed by atoms with van der Waals surface area (Å²) in [5.41, 5.74) is 3.78. The molecule has 0 aromatic carbocycles. The van der Waals surface area contributed by atoms with Crippen molar-refractivity contribution in [2.24, 2.45) is 40.9 Å². The summed E-state index contributed by atoms with van der Waals surface area (Å²) in [5.74, 6) is 4.91. The lowest BCUT2D eigenvalue weighted by Gasteiger charge is -2.52. The van der Waals surface area contributed by atoms with Crippen molar-refractivity contribution in [2.75, 3.05) is 6.54 Å². The van der Waals surface area contributed by atoms with Crippen LogP contribution in [0.4, 0.5) is 0 Å². The molecule has 3 nitrogen and oxygen atoms in total. The van der Waals surface area contributed by atoms with Crippen molar-refractivity contribution in [1.82, 2.24) is 5.32 Å². The maximum absolute atomic E-state index is 12.2. The van der Waals surface area contributed by atoms with Crippen molar-refractivity contribution < 1.29 is 9.53 Å². The molecule has 0 amide bonds. The van der Waals surface area contributed by atoms with Crippen LogP contribution in [-0.4, -0.2) is 30.1 Å². The molecule has 0 radical (unpaired) electrons. The molecule has 2 aliphatic heterocycles. The third-order valence-corrected chi connectivity index (χ3v) is 11.3. The number of carbonyl (C=O) groups excluding carboxylic acids is 1. The Morgan fingerprint density at radius 2 is 1.93 bits per heavy atom. The number of hydrogen-bond acceptors (Lipinski definition) is 3. The number of hydrogen-bond donors (Lipinski definition) is 1. The zero-order valence-corrected chi connectivity index (χ0v) is 19.5. The number of rotatable bonds is 0. The first-order valence-corrected chi connectivity index (χ1v) is 13.0. The molecule has 30 heavy (non-hydrogen) atoms. The molecule has 6 rings (SSSR count). The Hall–Kier alpha value is -0.670. The number of carbonyl (C=O) groups is 1. The lowest BCUT2D eigenvalue weighted by Crippen LogP contribution is -2.49. The van der Waals surface area contributed by atoms with Gasteiger partial charge in [-0.15, -0.1) is 0 Å². The maximum atomic E-state index is 12.2. The van der Waals surface area contributed by atoms with Gasteiger partial charge in [0.2, 0.25) is 0 Å². The third kappa shape index (κ3) is 2.54. The second-order valence-electron chi connectivity index (χ2n) is 12.4. The van der Waals surface area contributed by atoms with Gasteiger partial charge >= 0.3 is 0 Å². The van der Waals surface area contributed by atoms with Crippen molar-refractivity contribution in [3.63, 3.8) is 0 Å². The minimum atomic E-state index is -0.0193. The molecule has 10 atom stereocenters. The summed E-state index contributed by atoms with van der Waals surface area (Å²) >= 11 is 0. The van der Waals surface area contributed by atoms with Crippen LogP contribution in [0.2, 0.25) is 0 Å².